The first-order valence-corrected chi connectivity index (χ1v) is 7.67. The Balaban J connectivity index is 2.16. The van der Waals surface area contributed by atoms with Crippen LogP contribution in [0.1, 0.15) is 19.8 Å². The number of methoxy groups -OCH3 is 2. The van der Waals surface area contributed by atoms with E-state index in [9.17, 15) is 0 Å². The van der Waals surface area contributed by atoms with E-state index >= 15 is 0 Å². The third-order valence-electron chi connectivity index (χ3n) is 3.81. The Morgan fingerprint density at radius 1 is 1.36 bits per heavy atom. The van der Waals surface area contributed by atoms with E-state index in [-0.39, 0.29) is 6.10 Å². The molecule has 4 nitrogen and oxygen atoms in total. The third kappa shape index (κ3) is 3.71. The van der Waals surface area contributed by atoms with E-state index in [1.54, 1.807) is 20.5 Å². The van der Waals surface area contributed by atoms with Crippen LogP contribution in [0, 0.1) is 0 Å². The van der Waals surface area contributed by atoms with Crippen molar-refractivity contribution in [3.63, 3.8) is 0 Å². The van der Waals surface area contributed by atoms with Crippen molar-refractivity contribution in [2.75, 3.05) is 26.2 Å². The van der Waals surface area contributed by atoms with Crippen molar-refractivity contribution in [1.29, 1.82) is 0 Å². The number of anilines is 1. The lowest BCUT2D eigenvalue weighted by atomic mass is 10.1. The molecule has 1 heterocycles. The van der Waals surface area contributed by atoms with E-state index in [1.807, 2.05) is 19.2 Å². The third-order valence-corrected chi connectivity index (χ3v) is 4.17. The number of hydrogen-bond acceptors (Lipinski definition) is 5. The predicted octanol–water partition coefficient (Wildman–Crippen LogP) is 4.03. The number of rotatable bonds is 6. The van der Waals surface area contributed by atoms with Crippen molar-refractivity contribution in [1.82, 2.24) is 0 Å². The normalized spacial score (nSPS) is 17.3. The van der Waals surface area contributed by atoms with Crippen LogP contribution in [0.4, 0.5) is 5.69 Å². The van der Waals surface area contributed by atoms with Gasteiger partial charge in [-0.25, -0.2) is 0 Å². The standard InChI is InChI=1S/C17H23NO3S/c1-12(7-8-13-6-5-9-21-13)18(2)14-10-15(19-3)16(20-4)11-17(14)22/h5,7,9-11,13,22H,6,8H2,1-4H3. The number of ether oxygens (including phenoxy) is 3. The van der Waals surface area contributed by atoms with Gasteiger partial charge in [0.1, 0.15) is 6.10 Å². The van der Waals surface area contributed by atoms with E-state index in [0.29, 0.717) is 11.5 Å². The van der Waals surface area contributed by atoms with Crippen LogP contribution in [0.3, 0.4) is 0 Å². The quantitative estimate of drug-likeness (QED) is 0.802. The summed E-state index contributed by atoms with van der Waals surface area (Å²) in [6.45, 7) is 2.08. The fourth-order valence-corrected chi connectivity index (χ4v) is 2.67. The topological polar surface area (TPSA) is 30.9 Å². The van der Waals surface area contributed by atoms with Crippen LogP contribution in [0.2, 0.25) is 0 Å². The van der Waals surface area contributed by atoms with Gasteiger partial charge in [0.2, 0.25) is 0 Å². The van der Waals surface area contributed by atoms with E-state index in [1.165, 1.54) is 0 Å². The Morgan fingerprint density at radius 3 is 2.64 bits per heavy atom. The first-order valence-electron chi connectivity index (χ1n) is 7.22. The fourth-order valence-electron chi connectivity index (χ4n) is 2.34. The summed E-state index contributed by atoms with van der Waals surface area (Å²) in [5, 5.41) is 0. The lowest BCUT2D eigenvalue weighted by Crippen LogP contribution is -2.16. The van der Waals surface area contributed by atoms with Crippen LogP contribution >= 0.6 is 12.6 Å². The highest BCUT2D eigenvalue weighted by Crippen LogP contribution is 2.37. The smallest absolute Gasteiger partial charge is 0.162 e. The predicted molar refractivity (Wildman–Crippen MR) is 92.2 cm³/mol. The number of hydrogen-bond donors (Lipinski definition) is 1. The minimum Gasteiger partial charge on any atom is -0.498 e. The van der Waals surface area contributed by atoms with Gasteiger partial charge < -0.3 is 19.1 Å². The maximum atomic E-state index is 5.48. The SMILES string of the molecule is COc1cc(S)c(N(C)C(C)=CCC2CC=CO2)cc1OC. The van der Waals surface area contributed by atoms with Gasteiger partial charge in [0, 0.05) is 36.5 Å². The first kappa shape index (κ1) is 16.6. The molecule has 0 bridgehead atoms. The number of nitrogens with zero attached hydrogens (tertiary/aromatic N) is 1. The molecule has 0 N–H and O–H groups in total. The van der Waals surface area contributed by atoms with Crippen molar-refractivity contribution in [2.24, 2.45) is 0 Å². The molecule has 22 heavy (non-hydrogen) atoms. The summed E-state index contributed by atoms with van der Waals surface area (Å²) in [6.07, 6.45) is 8.13. The van der Waals surface area contributed by atoms with Gasteiger partial charge in [-0.15, -0.1) is 12.6 Å². The average molecular weight is 321 g/mol. The van der Waals surface area contributed by atoms with Gasteiger partial charge in [-0.1, -0.05) is 6.08 Å². The van der Waals surface area contributed by atoms with E-state index < -0.39 is 0 Å². The molecular formula is C17H23NO3S. The summed E-state index contributed by atoms with van der Waals surface area (Å²) < 4.78 is 16.2. The van der Waals surface area contributed by atoms with Crippen LogP contribution in [0.5, 0.6) is 11.5 Å². The maximum absolute atomic E-state index is 5.48. The number of thiol groups is 1. The highest BCUT2D eigenvalue weighted by molar-refractivity contribution is 7.80. The van der Waals surface area contributed by atoms with E-state index in [0.717, 1.165) is 29.1 Å². The molecule has 0 radical (unpaired) electrons. The van der Waals surface area contributed by atoms with Crippen LogP contribution in [0.25, 0.3) is 0 Å². The average Bonchev–Trinajstić information content (AvgIpc) is 3.04. The highest BCUT2D eigenvalue weighted by atomic mass is 32.1. The van der Waals surface area contributed by atoms with Crippen LogP contribution < -0.4 is 14.4 Å². The molecule has 0 saturated heterocycles. The fraction of sp³-hybridized carbons (Fsp3) is 0.412. The Bertz CT molecular complexity index is 576. The maximum Gasteiger partial charge on any atom is 0.162 e. The van der Waals surface area contributed by atoms with Crippen LogP contribution in [-0.2, 0) is 4.74 Å². The molecule has 0 fully saturated rings. The second kappa shape index (κ2) is 7.49. The van der Waals surface area contributed by atoms with Crippen molar-refractivity contribution in [3.05, 3.63) is 36.2 Å². The summed E-state index contributed by atoms with van der Waals surface area (Å²) in [6, 6.07) is 3.80. The molecule has 1 aromatic rings. The Labute approximate surface area is 137 Å². The molecule has 0 aromatic heterocycles. The zero-order chi connectivity index (χ0) is 16.1. The second-order valence-electron chi connectivity index (χ2n) is 5.20. The minimum absolute atomic E-state index is 0.254. The molecule has 2 rings (SSSR count). The molecule has 1 aromatic carbocycles. The Morgan fingerprint density at radius 2 is 2.05 bits per heavy atom. The molecule has 0 spiro atoms. The Hall–Kier alpha value is -1.75. The first-order chi connectivity index (χ1) is 10.6. The van der Waals surface area contributed by atoms with Crippen molar-refractivity contribution in [3.8, 4) is 11.5 Å². The van der Waals surface area contributed by atoms with Gasteiger partial charge in [-0.3, -0.25) is 0 Å². The lowest BCUT2D eigenvalue weighted by molar-refractivity contribution is 0.173. The number of allylic oxidation sites excluding steroid dienone is 1. The van der Waals surface area contributed by atoms with Crippen molar-refractivity contribution < 1.29 is 14.2 Å². The Kier molecular flexibility index (Phi) is 5.66. The summed E-state index contributed by atoms with van der Waals surface area (Å²) in [5.41, 5.74) is 2.11. The molecule has 5 heteroatoms. The highest BCUT2D eigenvalue weighted by Gasteiger charge is 2.14. The van der Waals surface area contributed by atoms with Gasteiger partial charge in [0.15, 0.2) is 11.5 Å². The summed E-state index contributed by atoms with van der Waals surface area (Å²) in [4.78, 5) is 2.93. The molecule has 1 aliphatic rings. The van der Waals surface area contributed by atoms with Crippen LogP contribution in [0.15, 0.2) is 41.1 Å². The van der Waals surface area contributed by atoms with Crippen LogP contribution in [-0.4, -0.2) is 27.4 Å². The molecular weight excluding hydrogens is 298 g/mol. The largest absolute Gasteiger partial charge is 0.498 e. The molecule has 0 aliphatic carbocycles. The van der Waals surface area contributed by atoms with Gasteiger partial charge in [-0.05, 0) is 19.1 Å². The van der Waals surface area contributed by atoms with Crippen molar-refractivity contribution in [2.45, 2.75) is 30.8 Å². The summed E-state index contributed by atoms with van der Waals surface area (Å²) >= 11 is 4.56. The van der Waals surface area contributed by atoms with E-state index in [2.05, 4.69) is 36.6 Å². The lowest BCUT2D eigenvalue weighted by Gasteiger charge is -2.23. The molecule has 0 amide bonds. The number of benzene rings is 1. The summed E-state index contributed by atoms with van der Waals surface area (Å²) in [5.74, 6) is 1.37. The molecule has 0 saturated carbocycles. The monoisotopic (exact) mass is 321 g/mol. The zero-order valence-corrected chi connectivity index (χ0v) is 14.4. The second-order valence-corrected chi connectivity index (χ2v) is 5.68. The van der Waals surface area contributed by atoms with Gasteiger partial charge in [0.05, 0.1) is 26.2 Å². The minimum atomic E-state index is 0.254. The molecule has 1 unspecified atom stereocenters. The van der Waals surface area contributed by atoms with Gasteiger partial charge in [-0.2, -0.15) is 0 Å². The zero-order valence-electron chi connectivity index (χ0n) is 13.5. The van der Waals surface area contributed by atoms with E-state index in [4.69, 9.17) is 14.2 Å². The molecule has 120 valence electrons. The molecule has 1 aliphatic heterocycles. The molecule has 1 atom stereocenters. The van der Waals surface area contributed by atoms with Crippen molar-refractivity contribution >= 4 is 18.3 Å². The van der Waals surface area contributed by atoms with Gasteiger partial charge >= 0.3 is 0 Å². The van der Waals surface area contributed by atoms with Gasteiger partial charge in [0.25, 0.3) is 0 Å². The summed E-state index contributed by atoms with van der Waals surface area (Å²) in [7, 11) is 5.27.